The van der Waals surface area contributed by atoms with Gasteiger partial charge in [-0.1, -0.05) is 42.5 Å². The summed E-state index contributed by atoms with van der Waals surface area (Å²) >= 11 is 0. The summed E-state index contributed by atoms with van der Waals surface area (Å²) < 4.78 is 30.3. The number of rotatable bonds is 7. The first-order valence-electron chi connectivity index (χ1n) is 11.0. The van der Waals surface area contributed by atoms with Gasteiger partial charge in [0.15, 0.2) is 0 Å². The van der Waals surface area contributed by atoms with Crippen LogP contribution in [0.3, 0.4) is 0 Å². The minimum Gasteiger partial charge on any atom is -0.496 e. The highest BCUT2D eigenvalue weighted by Gasteiger charge is 2.39. The molecule has 7 heteroatoms. The molecule has 3 aromatic rings. The van der Waals surface area contributed by atoms with E-state index in [2.05, 4.69) is 0 Å². The topological polar surface area (TPSA) is 65.1 Å². The summed E-state index contributed by atoms with van der Waals surface area (Å²) in [6.45, 7) is 2.07. The van der Waals surface area contributed by atoms with Crippen LogP contribution in [-0.4, -0.2) is 37.2 Å². The van der Waals surface area contributed by atoms with Gasteiger partial charge < -0.3 is 14.2 Å². The van der Waals surface area contributed by atoms with Crippen molar-refractivity contribution in [1.82, 2.24) is 4.90 Å². The number of halogens is 1. The Kier molecular flexibility index (Phi) is 6.82. The maximum Gasteiger partial charge on any atom is 0.411 e. The molecule has 0 saturated carbocycles. The lowest BCUT2D eigenvalue weighted by atomic mass is 9.95. The summed E-state index contributed by atoms with van der Waals surface area (Å²) in [7, 11) is 2.89. The quantitative estimate of drug-likeness (QED) is 0.445. The number of hydrogen-bond acceptors (Lipinski definition) is 5. The first-order chi connectivity index (χ1) is 16.4. The standard InChI is InChI=1S/C27H26FNO5/c1-17-26(19-7-5-4-6-8-19)34-27(31)29(17)16-20-15-21(28)10-11-22(20)23-13-18(14-25(30)33-3)9-12-24(23)32-2/h4-13,15,17,26H,14,16H2,1-3H3/t17-,26-/m0/s1. The van der Waals surface area contributed by atoms with Crippen molar-refractivity contribution in [3.8, 4) is 16.9 Å². The van der Waals surface area contributed by atoms with Gasteiger partial charge >= 0.3 is 12.1 Å². The molecule has 1 fully saturated rings. The van der Waals surface area contributed by atoms with E-state index in [9.17, 15) is 14.0 Å². The molecule has 1 heterocycles. The van der Waals surface area contributed by atoms with Crippen molar-refractivity contribution >= 4 is 12.1 Å². The number of nitrogens with zero attached hydrogens (tertiary/aromatic N) is 1. The molecule has 0 spiro atoms. The average Bonchev–Trinajstić information content (AvgIpc) is 3.13. The summed E-state index contributed by atoms with van der Waals surface area (Å²) in [5, 5.41) is 0. The zero-order chi connectivity index (χ0) is 24.2. The third kappa shape index (κ3) is 4.73. The van der Waals surface area contributed by atoms with Crippen molar-refractivity contribution in [2.75, 3.05) is 14.2 Å². The molecule has 6 nitrogen and oxygen atoms in total. The van der Waals surface area contributed by atoms with Crippen LogP contribution in [0.1, 0.15) is 29.7 Å². The van der Waals surface area contributed by atoms with E-state index in [4.69, 9.17) is 14.2 Å². The number of ether oxygens (including phenoxy) is 3. The zero-order valence-electron chi connectivity index (χ0n) is 19.3. The maximum atomic E-state index is 14.3. The van der Waals surface area contributed by atoms with Gasteiger partial charge in [-0.15, -0.1) is 0 Å². The van der Waals surface area contributed by atoms with Gasteiger partial charge in [0.05, 0.1) is 33.2 Å². The van der Waals surface area contributed by atoms with Crippen molar-refractivity contribution in [1.29, 1.82) is 0 Å². The lowest BCUT2D eigenvalue weighted by Crippen LogP contribution is -2.31. The van der Waals surface area contributed by atoms with Gasteiger partial charge in [-0.05, 0) is 53.4 Å². The van der Waals surface area contributed by atoms with Gasteiger partial charge in [0.1, 0.15) is 17.7 Å². The van der Waals surface area contributed by atoms with E-state index in [1.54, 1.807) is 30.2 Å². The zero-order valence-corrected chi connectivity index (χ0v) is 19.3. The van der Waals surface area contributed by atoms with Crippen LogP contribution in [0.4, 0.5) is 9.18 Å². The lowest BCUT2D eigenvalue weighted by Gasteiger charge is -2.23. The summed E-state index contributed by atoms with van der Waals surface area (Å²) in [5.41, 5.74) is 3.64. The van der Waals surface area contributed by atoms with Crippen LogP contribution in [0.15, 0.2) is 66.7 Å². The van der Waals surface area contributed by atoms with Gasteiger partial charge in [-0.2, -0.15) is 0 Å². The number of methoxy groups -OCH3 is 2. The number of hydrogen-bond donors (Lipinski definition) is 0. The Morgan fingerprint density at radius 1 is 1.03 bits per heavy atom. The molecule has 3 aromatic carbocycles. The Balaban J connectivity index is 1.69. The van der Waals surface area contributed by atoms with Crippen molar-refractivity contribution in [2.45, 2.75) is 32.0 Å². The van der Waals surface area contributed by atoms with E-state index in [1.807, 2.05) is 43.3 Å². The van der Waals surface area contributed by atoms with E-state index < -0.39 is 18.0 Å². The molecule has 2 atom stereocenters. The maximum absolute atomic E-state index is 14.3. The van der Waals surface area contributed by atoms with Crippen LogP contribution in [0.25, 0.3) is 11.1 Å². The predicted molar refractivity (Wildman–Crippen MR) is 125 cm³/mol. The fourth-order valence-electron chi connectivity index (χ4n) is 4.26. The molecule has 0 N–H and O–H groups in total. The Morgan fingerprint density at radius 2 is 1.79 bits per heavy atom. The Labute approximate surface area is 197 Å². The number of carbonyl (C=O) groups is 2. The van der Waals surface area contributed by atoms with Gasteiger partial charge in [0.25, 0.3) is 0 Å². The molecule has 4 rings (SSSR count). The van der Waals surface area contributed by atoms with Crippen molar-refractivity contribution < 1.29 is 28.2 Å². The Bertz CT molecular complexity index is 1200. The molecule has 1 aliphatic heterocycles. The highest BCUT2D eigenvalue weighted by molar-refractivity contribution is 5.78. The molecule has 34 heavy (non-hydrogen) atoms. The second-order valence-corrected chi connectivity index (χ2v) is 8.17. The van der Waals surface area contributed by atoms with E-state index in [0.717, 1.165) is 11.1 Å². The van der Waals surface area contributed by atoms with E-state index in [1.165, 1.54) is 19.2 Å². The average molecular weight is 464 g/mol. The first-order valence-corrected chi connectivity index (χ1v) is 11.0. The smallest absolute Gasteiger partial charge is 0.411 e. The SMILES string of the molecule is COC(=O)Cc1ccc(OC)c(-c2ccc(F)cc2CN2C(=O)O[C@H](c3ccccc3)[C@@H]2C)c1. The minimum absolute atomic E-state index is 0.0955. The van der Waals surface area contributed by atoms with Crippen molar-refractivity contribution in [2.24, 2.45) is 0 Å². The van der Waals surface area contributed by atoms with Crippen molar-refractivity contribution in [3.05, 3.63) is 89.2 Å². The number of esters is 1. The normalized spacial score (nSPS) is 17.4. The molecule has 0 unspecified atom stereocenters. The highest BCUT2D eigenvalue weighted by Crippen LogP contribution is 2.37. The van der Waals surface area contributed by atoms with Crippen LogP contribution >= 0.6 is 0 Å². The predicted octanol–water partition coefficient (Wildman–Crippen LogP) is 5.30. The van der Waals surface area contributed by atoms with E-state index >= 15 is 0 Å². The Hall–Kier alpha value is -3.87. The molecule has 0 aliphatic carbocycles. The molecule has 0 radical (unpaired) electrons. The van der Waals surface area contributed by atoms with Crippen molar-refractivity contribution in [3.63, 3.8) is 0 Å². The molecule has 1 amide bonds. The third-order valence-corrected chi connectivity index (χ3v) is 6.06. The van der Waals surface area contributed by atoms with Gasteiger partial charge in [0, 0.05) is 5.56 Å². The fraction of sp³-hybridized carbons (Fsp3) is 0.259. The second kappa shape index (κ2) is 9.95. The summed E-state index contributed by atoms with van der Waals surface area (Å²) in [5.74, 6) is -0.208. The summed E-state index contributed by atoms with van der Waals surface area (Å²) in [6.07, 6.45) is -0.773. The van der Waals surface area contributed by atoms with Crippen LogP contribution in [-0.2, 0) is 27.2 Å². The molecular formula is C27H26FNO5. The third-order valence-electron chi connectivity index (χ3n) is 6.06. The second-order valence-electron chi connectivity index (χ2n) is 8.17. The first kappa shape index (κ1) is 23.3. The highest BCUT2D eigenvalue weighted by atomic mass is 19.1. The molecule has 0 bridgehead atoms. The van der Waals surface area contributed by atoms with Crippen LogP contribution < -0.4 is 4.74 Å². The summed E-state index contributed by atoms with van der Waals surface area (Å²) in [6, 6.07) is 19.1. The van der Waals surface area contributed by atoms with Gasteiger partial charge in [-0.3, -0.25) is 9.69 Å². The minimum atomic E-state index is -0.456. The molecule has 176 valence electrons. The number of benzene rings is 3. The molecule has 1 saturated heterocycles. The van der Waals surface area contributed by atoms with Crippen LogP contribution in [0.5, 0.6) is 5.75 Å². The number of cyclic esters (lactones) is 1. The monoisotopic (exact) mass is 463 g/mol. The number of amides is 1. The molecule has 0 aromatic heterocycles. The molecular weight excluding hydrogens is 437 g/mol. The van der Waals surface area contributed by atoms with Crippen LogP contribution in [0.2, 0.25) is 0 Å². The number of carbonyl (C=O) groups excluding carboxylic acids is 2. The van der Waals surface area contributed by atoms with E-state index in [0.29, 0.717) is 22.4 Å². The lowest BCUT2D eigenvalue weighted by molar-refractivity contribution is -0.139. The summed E-state index contributed by atoms with van der Waals surface area (Å²) in [4.78, 5) is 26.2. The van der Waals surface area contributed by atoms with Crippen LogP contribution in [0, 0.1) is 5.82 Å². The molecule has 1 aliphatic rings. The van der Waals surface area contributed by atoms with Gasteiger partial charge in [-0.25, -0.2) is 9.18 Å². The fourth-order valence-corrected chi connectivity index (χ4v) is 4.26. The van der Waals surface area contributed by atoms with Gasteiger partial charge in [0.2, 0.25) is 0 Å². The van der Waals surface area contributed by atoms with E-state index in [-0.39, 0.29) is 25.0 Å². The largest absolute Gasteiger partial charge is 0.496 e. The Morgan fingerprint density at radius 3 is 2.50 bits per heavy atom.